The molecule has 0 bridgehead atoms. The molecule has 0 amide bonds. The molecule has 0 radical (unpaired) electrons. The highest BCUT2D eigenvalue weighted by atomic mass is 31.1. The first-order valence-corrected chi connectivity index (χ1v) is 14.0. The molecule has 1 unspecified atom stereocenters. The molecule has 168 valence electrons. The average molecular weight is 460 g/mol. The van der Waals surface area contributed by atoms with Crippen LogP contribution < -0.4 is 5.73 Å². The van der Waals surface area contributed by atoms with Crippen molar-refractivity contribution in [1.82, 2.24) is 0 Å². The van der Waals surface area contributed by atoms with E-state index in [0.717, 1.165) is 18.7 Å². The van der Waals surface area contributed by atoms with Crippen molar-refractivity contribution >= 4 is 29.5 Å². The van der Waals surface area contributed by atoms with Crippen molar-refractivity contribution in [3.05, 3.63) is 120 Å². The monoisotopic (exact) mass is 459 g/mol. The number of fused-ring (bicyclic) bond motifs is 7. The maximum absolute atomic E-state index is 6.87. The number of hydrogen-bond acceptors (Lipinski definition) is 1. The molecular weight excluding hydrogens is 429 g/mol. The second kappa shape index (κ2) is 8.99. The van der Waals surface area contributed by atoms with Gasteiger partial charge in [-0.25, -0.2) is 0 Å². The van der Waals surface area contributed by atoms with Gasteiger partial charge in [-0.2, -0.15) is 0 Å². The highest BCUT2D eigenvalue weighted by Crippen LogP contribution is 2.56. The van der Waals surface area contributed by atoms with Crippen LogP contribution >= 0.6 is 7.92 Å². The van der Waals surface area contributed by atoms with Crippen molar-refractivity contribution in [3.8, 4) is 11.1 Å². The highest BCUT2D eigenvalue weighted by molar-refractivity contribution is 7.56. The van der Waals surface area contributed by atoms with E-state index in [1.54, 1.807) is 0 Å². The quantitative estimate of drug-likeness (QED) is 0.270. The smallest absolute Gasteiger partial charge is 0.0145 e. The summed E-state index contributed by atoms with van der Waals surface area (Å²) >= 11 is 0. The maximum Gasteiger partial charge on any atom is 0.0145 e. The minimum Gasteiger partial charge on any atom is -0.327 e. The Labute approximate surface area is 203 Å². The van der Waals surface area contributed by atoms with E-state index in [-0.39, 0.29) is 14.0 Å². The van der Waals surface area contributed by atoms with Gasteiger partial charge in [-0.1, -0.05) is 118 Å². The second-order valence-electron chi connectivity index (χ2n) is 9.64. The Morgan fingerprint density at radius 2 is 1.15 bits per heavy atom. The molecule has 34 heavy (non-hydrogen) atoms. The zero-order valence-electron chi connectivity index (χ0n) is 19.6. The van der Waals surface area contributed by atoms with Gasteiger partial charge in [-0.3, -0.25) is 0 Å². The zero-order chi connectivity index (χ0) is 23.1. The first kappa shape index (κ1) is 21.5. The van der Waals surface area contributed by atoms with Crippen LogP contribution in [-0.2, 0) is 18.7 Å². The lowest BCUT2D eigenvalue weighted by atomic mass is 9.88. The van der Waals surface area contributed by atoms with Gasteiger partial charge in [-0.05, 0) is 73.8 Å². The molecule has 5 aromatic rings. The van der Waals surface area contributed by atoms with Crippen LogP contribution in [-0.4, -0.2) is 11.7 Å². The van der Waals surface area contributed by atoms with Crippen LogP contribution in [0.25, 0.3) is 32.7 Å². The number of hydrogen-bond donors (Lipinski definition) is 1. The van der Waals surface area contributed by atoms with Crippen LogP contribution in [0.1, 0.15) is 23.6 Å². The third kappa shape index (κ3) is 3.84. The lowest BCUT2D eigenvalue weighted by molar-refractivity contribution is 0.651. The van der Waals surface area contributed by atoms with Crippen LogP contribution in [0.15, 0.2) is 103 Å². The predicted molar refractivity (Wildman–Crippen MR) is 149 cm³/mol. The van der Waals surface area contributed by atoms with Crippen molar-refractivity contribution < 1.29 is 0 Å². The van der Waals surface area contributed by atoms with Gasteiger partial charge < -0.3 is 5.73 Å². The molecule has 5 aromatic carbocycles. The minimum absolute atomic E-state index is 0.166. The molecule has 2 N–H and O–H groups in total. The summed E-state index contributed by atoms with van der Waals surface area (Å²) in [7, 11) is -0.304. The van der Waals surface area contributed by atoms with Crippen LogP contribution in [0.3, 0.4) is 0 Å². The molecule has 1 heterocycles. The minimum atomic E-state index is -0.304. The van der Waals surface area contributed by atoms with E-state index < -0.39 is 0 Å². The molecule has 1 aliphatic rings. The summed E-state index contributed by atoms with van der Waals surface area (Å²) < 4.78 is 0. The molecule has 0 aliphatic carbocycles. The lowest BCUT2D eigenvalue weighted by Crippen LogP contribution is -2.34. The summed E-state index contributed by atoms with van der Waals surface area (Å²) in [6.07, 6.45) is 3.19. The van der Waals surface area contributed by atoms with Gasteiger partial charge in [0.1, 0.15) is 0 Å². The number of benzene rings is 5. The van der Waals surface area contributed by atoms with Crippen molar-refractivity contribution in [2.45, 2.75) is 37.4 Å². The molecule has 0 aromatic heterocycles. The number of nitrogens with two attached hydrogens (primary N) is 1. The fraction of sp³-hybridized carbons (Fsp3) is 0.188. The van der Waals surface area contributed by atoms with Crippen molar-refractivity contribution in [2.75, 3.05) is 0 Å². The predicted octanol–water partition coefficient (Wildman–Crippen LogP) is 8.11. The van der Waals surface area contributed by atoms with Gasteiger partial charge in [0.15, 0.2) is 0 Å². The molecule has 1 aliphatic heterocycles. The fourth-order valence-electron chi connectivity index (χ4n) is 5.60. The Hall–Kier alpha value is -2.99. The van der Waals surface area contributed by atoms with Gasteiger partial charge in [0.2, 0.25) is 0 Å². The van der Waals surface area contributed by atoms with Crippen LogP contribution in [0.2, 0.25) is 0 Å². The molecule has 0 spiro atoms. The Balaban J connectivity index is 1.49. The third-order valence-electron chi connectivity index (χ3n) is 7.54. The maximum atomic E-state index is 6.87. The SMILES string of the molecule is CC([C@H](N)Cc1ccccc1)P1Cc2ccc3ccccc3c2-c2c(ccc3ccccc23)C1. The van der Waals surface area contributed by atoms with E-state index in [2.05, 4.69) is 110 Å². The summed E-state index contributed by atoms with van der Waals surface area (Å²) in [6, 6.07) is 38.0. The normalized spacial score (nSPS) is 15.5. The molecule has 1 nitrogen and oxygen atoms in total. The second-order valence-corrected chi connectivity index (χ2v) is 12.3. The van der Waals surface area contributed by atoms with E-state index >= 15 is 0 Å². The molecule has 0 saturated carbocycles. The Bertz CT molecular complexity index is 1390. The molecule has 0 fully saturated rings. The summed E-state index contributed by atoms with van der Waals surface area (Å²) in [5.74, 6) is 0. The van der Waals surface area contributed by atoms with Crippen LogP contribution in [0, 0.1) is 0 Å². The first-order valence-electron chi connectivity index (χ1n) is 12.2. The first-order chi connectivity index (χ1) is 16.7. The lowest BCUT2D eigenvalue weighted by Gasteiger charge is -2.29. The summed E-state index contributed by atoms with van der Waals surface area (Å²) in [6.45, 7) is 2.39. The Morgan fingerprint density at radius 1 is 0.647 bits per heavy atom. The van der Waals surface area contributed by atoms with Crippen molar-refractivity contribution in [1.29, 1.82) is 0 Å². The van der Waals surface area contributed by atoms with Crippen molar-refractivity contribution in [2.24, 2.45) is 5.73 Å². The standard InChI is InChI=1S/C32H30NP/c1-22(30(33)19-23-9-3-2-4-10-23)34-20-26-17-15-24-11-5-7-13-28(24)31(26)32-27(21-34)18-16-25-12-6-8-14-29(25)32/h2-18,22,30H,19-21,33H2,1H3/t22?,30-/m1/s1. The summed E-state index contributed by atoms with van der Waals surface area (Å²) in [4.78, 5) is 0. The average Bonchev–Trinajstić information content (AvgIpc) is 3.06. The van der Waals surface area contributed by atoms with Gasteiger partial charge in [0, 0.05) is 6.04 Å². The largest absolute Gasteiger partial charge is 0.327 e. The highest BCUT2D eigenvalue weighted by Gasteiger charge is 2.29. The topological polar surface area (TPSA) is 26.0 Å². The third-order valence-corrected chi connectivity index (χ3v) is 10.6. The van der Waals surface area contributed by atoms with E-state index in [1.165, 1.54) is 49.4 Å². The Morgan fingerprint density at radius 3 is 1.71 bits per heavy atom. The Kier molecular flexibility index (Phi) is 5.69. The van der Waals surface area contributed by atoms with Crippen molar-refractivity contribution in [3.63, 3.8) is 0 Å². The van der Waals surface area contributed by atoms with Gasteiger partial charge in [0.05, 0.1) is 0 Å². The zero-order valence-corrected chi connectivity index (χ0v) is 20.5. The van der Waals surface area contributed by atoms with Gasteiger partial charge >= 0.3 is 0 Å². The molecule has 2 heteroatoms. The summed E-state index contributed by atoms with van der Waals surface area (Å²) in [5.41, 5.74) is 14.5. The summed E-state index contributed by atoms with van der Waals surface area (Å²) in [5, 5.41) is 5.38. The number of rotatable bonds is 4. The van der Waals surface area contributed by atoms with E-state index in [0.29, 0.717) is 5.66 Å². The van der Waals surface area contributed by atoms with Crippen LogP contribution in [0.4, 0.5) is 0 Å². The van der Waals surface area contributed by atoms with Gasteiger partial charge in [0.25, 0.3) is 0 Å². The molecule has 6 rings (SSSR count). The van der Waals surface area contributed by atoms with Gasteiger partial charge in [-0.15, -0.1) is 0 Å². The van der Waals surface area contributed by atoms with E-state index in [1.807, 2.05) is 0 Å². The molecular formula is C32H30NP. The van der Waals surface area contributed by atoms with E-state index in [4.69, 9.17) is 5.73 Å². The molecule has 2 atom stereocenters. The van der Waals surface area contributed by atoms with Crippen LogP contribution in [0.5, 0.6) is 0 Å². The fourth-order valence-corrected chi connectivity index (χ4v) is 8.33. The molecule has 0 saturated heterocycles. The van der Waals surface area contributed by atoms with E-state index in [9.17, 15) is 0 Å².